The summed E-state index contributed by atoms with van der Waals surface area (Å²) in [7, 11) is 0. The van der Waals surface area contributed by atoms with Gasteiger partial charge in [-0.05, 0) is 43.4 Å². The molecule has 0 amide bonds. The monoisotopic (exact) mass is 280 g/mol. The van der Waals surface area contributed by atoms with Crippen molar-refractivity contribution < 1.29 is 5.11 Å². The van der Waals surface area contributed by atoms with Crippen LogP contribution in [0.4, 0.5) is 0 Å². The Bertz CT molecular complexity index is 617. The molecule has 2 atom stereocenters. The zero-order valence-electron chi connectivity index (χ0n) is 13.0. The third kappa shape index (κ3) is 2.63. The van der Waals surface area contributed by atoms with Crippen LogP contribution in [0.15, 0.2) is 48.5 Å². The smallest absolute Gasteiger partial charge is 0.0967 e. The summed E-state index contributed by atoms with van der Waals surface area (Å²) in [4.78, 5) is 0. The van der Waals surface area contributed by atoms with Crippen LogP contribution >= 0.6 is 0 Å². The largest absolute Gasteiger partial charge is 0.385 e. The standard InChI is InChI=1S/C20H24O/c1-15-11-12-16(2)19(14-15)20(21)13-7-6-10-18(20)17-8-4-3-5-9-17/h3-5,8-9,11-12,14,18,21H,6-7,10,13H2,1-2H3. The van der Waals surface area contributed by atoms with Gasteiger partial charge in [0.1, 0.15) is 0 Å². The number of aliphatic hydroxyl groups is 1. The molecule has 0 radical (unpaired) electrons. The van der Waals surface area contributed by atoms with Crippen molar-refractivity contribution in [1.82, 2.24) is 0 Å². The number of hydrogen-bond donors (Lipinski definition) is 1. The highest BCUT2D eigenvalue weighted by molar-refractivity contribution is 5.39. The van der Waals surface area contributed by atoms with Crippen molar-refractivity contribution in [2.45, 2.75) is 51.0 Å². The minimum absolute atomic E-state index is 0.202. The van der Waals surface area contributed by atoms with Gasteiger partial charge in [0.15, 0.2) is 0 Å². The molecule has 1 aliphatic carbocycles. The first-order chi connectivity index (χ1) is 10.1. The van der Waals surface area contributed by atoms with E-state index in [1.165, 1.54) is 23.1 Å². The van der Waals surface area contributed by atoms with Crippen molar-refractivity contribution in [3.63, 3.8) is 0 Å². The van der Waals surface area contributed by atoms with Crippen molar-refractivity contribution in [3.05, 3.63) is 70.8 Å². The quantitative estimate of drug-likeness (QED) is 0.833. The van der Waals surface area contributed by atoms with Gasteiger partial charge in [0.2, 0.25) is 0 Å². The van der Waals surface area contributed by atoms with Crippen LogP contribution in [0.2, 0.25) is 0 Å². The van der Waals surface area contributed by atoms with Gasteiger partial charge in [0.05, 0.1) is 5.60 Å². The van der Waals surface area contributed by atoms with E-state index in [0.29, 0.717) is 0 Å². The van der Waals surface area contributed by atoms with Crippen LogP contribution < -0.4 is 0 Å². The highest BCUT2D eigenvalue weighted by Crippen LogP contribution is 2.48. The fourth-order valence-electron chi connectivity index (χ4n) is 3.81. The van der Waals surface area contributed by atoms with Gasteiger partial charge in [-0.25, -0.2) is 0 Å². The van der Waals surface area contributed by atoms with Crippen LogP contribution in [0.1, 0.15) is 53.9 Å². The fourth-order valence-corrected chi connectivity index (χ4v) is 3.81. The van der Waals surface area contributed by atoms with Crippen LogP contribution in [0, 0.1) is 13.8 Å². The van der Waals surface area contributed by atoms with Crippen LogP contribution in [0.5, 0.6) is 0 Å². The van der Waals surface area contributed by atoms with Crippen molar-refractivity contribution in [2.75, 3.05) is 0 Å². The van der Waals surface area contributed by atoms with Gasteiger partial charge in [-0.2, -0.15) is 0 Å². The molecule has 0 saturated heterocycles. The highest BCUT2D eigenvalue weighted by atomic mass is 16.3. The van der Waals surface area contributed by atoms with E-state index in [1.54, 1.807) is 0 Å². The summed E-state index contributed by atoms with van der Waals surface area (Å²) in [5.41, 5.74) is 4.08. The molecule has 2 aromatic carbocycles. The maximum atomic E-state index is 11.6. The molecule has 2 aromatic rings. The van der Waals surface area contributed by atoms with E-state index in [2.05, 4.69) is 56.3 Å². The summed E-state index contributed by atoms with van der Waals surface area (Å²) in [5.74, 6) is 0.202. The molecule has 21 heavy (non-hydrogen) atoms. The molecule has 1 N–H and O–H groups in total. The number of hydrogen-bond acceptors (Lipinski definition) is 1. The molecule has 2 unspecified atom stereocenters. The molecule has 0 spiro atoms. The summed E-state index contributed by atoms with van der Waals surface area (Å²) in [6, 6.07) is 17.0. The van der Waals surface area contributed by atoms with E-state index < -0.39 is 5.60 Å². The molecule has 1 nitrogen and oxygen atoms in total. The fraction of sp³-hybridized carbons (Fsp3) is 0.400. The van der Waals surface area contributed by atoms with E-state index in [0.717, 1.165) is 24.8 Å². The number of aryl methyl sites for hydroxylation is 2. The average Bonchev–Trinajstić information content (AvgIpc) is 2.51. The second kappa shape index (κ2) is 5.65. The van der Waals surface area contributed by atoms with Gasteiger partial charge in [-0.1, -0.05) is 66.9 Å². The van der Waals surface area contributed by atoms with E-state index in [4.69, 9.17) is 0 Å². The summed E-state index contributed by atoms with van der Waals surface area (Å²) in [5, 5.41) is 11.6. The Balaban J connectivity index is 2.09. The summed E-state index contributed by atoms with van der Waals surface area (Å²) in [6.07, 6.45) is 4.23. The maximum Gasteiger partial charge on any atom is 0.0967 e. The second-order valence-corrected chi connectivity index (χ2v) is 6.45. The average molecular weight is 280 g/mol. The molecule has 1 heteroatoms. The van der Waals surface area contributed by atoms with Crippen LogP contribution in [0.3, 0.4) is 0 Å². The summed E-state index contributed by atoms with van der Waals surface area (Å²) in [6.45, 7) is 4.22. The Labute approximate surface area is 127 Å². The first kappa shape index (κ1) is 14.3. The molecule has 1 saturated carbocycles. The van der Waals surface area contributed by atoms with Crippen LogP contribution in [-0.4, -0.2) is 5.11 Å². The molecule has 3 rings (SSSR count). The lowest BCUT2D eigenvalue weighted by Gasteiger charge is -2.42. The molecule has 1 aliphatic rings. The number of benzene rings is 2. The molecule has 110 valence electrons. The van der Waals surface area contributed by atoms with Crippen molar-refractivity contribution >= 4 is 0 Å². The third-order valence-electron chi connectivity index (χ3n) is 4.94. The lowest BCUT2D eigenvalue weighted by molar-refractivity contribution is -0.0230. The molecular weight excluding hydrogens is 256 g/mol. The van der Waals surface area contributed by atoms with Gasteiger partial charge >= 0.3 is 0 Å². The topological polar surface area (TPSA) is 20.2 Å². The van der Waals surface area contributed by atoms with Gasteiger partial charge in [-0.3, -0.25) is 0 Å². The normalized spacial score (nSPS) is 25.8. The third-order valence-corrected chi connectivity index (χ3v) is 4.94. The predicted molar refractivity (Wildman–Crippen MR) is 87.5 cm³/mol. The second-order valence-electron chi connectivity index (χ2n) is 6.45. The first-order valence-electron chi connectivity index (χ1n) is 7.96. The highest BCUT2D eigenvalue weighted by Gasteiger charge is 2.41. The van der Waals surface area contributed by atoms with Crippen molar-refractivity contribution in [2.24, 2.45) is 0 Å². The zero-order valence-corrected chi connectivity index (χ0v) is 13.0. The molecular formula is C20H24O. The maximum absolute atomic E-state index is 11.6. The number of rotatable bonds is 2. The van der Waals surface area contributed by atoms with Crippen molar-refractivity contribution in [3.8, 4) is 0 Å². The van der Waals surface area contributed by atoms with E-state index in [1.807, 2.05) is 6.07 Å². The van der Waals surface area contributed by atoms with Crippen molar-refractivity contribution in [1.29, 1.82) is 0 Å². The minimum Gasteiger partial charge on any atom is -0.385 e. The van der Waals surface area contributed by atoms with Gasteiger partial charge in [-0.15, -0.1) is 0 Å². The molecule has 0 heterocycles. The Morgan fingerprint density at radius 3 is 2.52 bits per heavy atom. The molecule has 0 bridgehead atoms. The lowest BCUT2D eigenvalue weighted by atomic mass is 9.67. The Hall–Kier alpha value is -1.60. The molecule has 1 fully saturated rings. The predicted octanol–water partition coefficient (Wildman–Crippen LogP) is 4.85. The Kier molecular flexibility index (Phi) is 3.86. The molecule has 0 aliphatic heterocycles. The lowest BCUT2D eigenvalue weighted by Crippen LogP contribution is -2.37. The molecule has 0 aromatic heterocycles. The summed E-state index contributed by atoms with van der Waals surface area (Å²) < 4.78 is 0. The van der Waals surface area contributed by atoms with E-state index in [9.17, 15) is 5.11 Å². The van der Waals surface area contributed by atoms with Crippen LogP contribution in [0.25, 0.3) is 0 Å². The first-order valence-corrected chi connectivity index (χ1v) is 7.96. The SMILES string of the molecule is Cc1ccc(C)c(C2(O)CCCCC2c2ccccc2)c1. The van der Waals surface area contributed by atoms with Gasteiger partial charge < -0.3 is 5.11 Å². The zero-order chi connectivity index (χ0) is 14.9. The Morgan fingerprint density at radius 2 is 1.76 bits per heavy atom. The van der Waals surface area contributed by atoms with Crippen LogP contribution in [-0.2, 0) is 5.60 Å². The Morgan fingerprint density at radius 1 is 1.00 bits per heavy atom. The van der Waals surface area contributed by atoms with Gasteiger partial charge in [0.25, 0.3) is 0 Å². The van der Waals surface area contributed by atoms with E-state index in [-0.39, 0.29) is 5.92 Å². The summed E-state index contributed by atoms with van der Waals surface area (Å²) >= 11 is 0. The van der Waals surface area contributed by atoms with E-state index >= 15 is 0 Å². The van der Waals surface area contributed by atoms with Gasteiger partial charge in [0, 0.05) is 5.92 Å². The minimum atomic E-state index is -0.726.